The van der Waals surface area contributed by atoms with E-state index in [2.05, 4.69) is 9.72 Å². The Morgan fingerprint density at radius 2 is 1.85 bits per heavy atom. The summed E-state index contributed by atoms with van der Waals surface area (Å²) in [5.41, 5.74) is 1.29. The van der Waals surface area contributed by atoms with Gasteiger partial charge in [-0.3, -0.25) is 0 Å². The van der Waals surface area contributed by atoms with Gasteiger partial charge >= 0.3 is 11.9 Å². The van der Waals surface area contributed by atoms with Crippen molar-refractivity contribution in [3.63, 3.8) is 0 Å². The Labute approximate surface area is 150 Å². The lowest BCUT2D eigenvalue weighted by Gasteiger charge is -2.07. The van der Waals surface area contributed by atoms with E-state index in [0.717, 1.165) is 4.31 Å². The Kier molecular flexibility index (Phi) is 5.57. The van der Waals surface area contributed by atoms with Crippen LogP contribution in [0.3, 0.4) is 0 Å². The van der Waals surface area contributed by atoms with Crippen LogP contribution in [0.15, 0.2) is 21.6 Å². The zero-order chi connectivity index (χ0) is 19.6. The Morgan fingerprint density at radius 3 is 2.42 bits per heavy atom. The van der Waals surface area contributed by atoms with Crippen molar-refractivity contribution in [2.75, 3.05) is 21.2 Å². The smallest absolute Gasteiger partial charge is 0.355 e. The molecule has 0 aromatic carbocycles. The molecule has 0 fully saturated rings. The van der Waals surface area contributed by atoms with Gasteiger partial charge in [-0.15, -0.1) is 0 Å². The Hall–Kier alpha value is -2.59. The highest BCUT2D eigenvalue weighted by Gasteiger charge is 2.25. The van der Waals surface area contributed by atoms with E-state index < -0.39 is 22.0 Å². The molecule has 0 saturated heterocycles. The highest BCUT2D eigenvalue weighted by atomic mass is 32.2. The van der Waals surface area contributed by atoms with E-state index in [0.29, 0.717) is 11.3 Å². The number of aromatic nitrogens is 1. The van der Waals surface area contributed by atoms with Crippen molar-refractivity contribution in [3.05, 3.63) is 40.4 Å². The van der Waals surface area contributed by atoms with Crippen molar-refractivity contribution in [1.29, 1.82) is 0 Å². The summed E-state index contributed by atoms with van der Waals surface area (Å²) in [7, 11) is 0.316. The molecule has 0 spiro atoms. The van der Waals surface area contributed by atoms with E-state index in [1.165, 1.54) is 33.3 Å². The second-order valence-electron chi connectivity index (χ2n) is 5.70. The molecule has 0 aliphatic heterocycles. The van der Waals surface area contributed by atoms with E-state index in [1.54, 1.807) is 13.8 Å². The van der Waals surface area contributed by atoms with Gasteiger partial charge in [0.25, 0.3) is 10.0 Å². The van der Waals surface area contributed by atoms with E-state index in [4.69, 9.17) is 9.15 Å². The monoisotopic (exact) mass is 384 g/mol. The summed E-state index contributed by atoms with van der Waals surface area (Å²) in [4.78, 5) is 26.8. The van der Waals surface area contributed by atoms with Crippen molar-refractivity contribution >= 4 is 22.0 Å². The number of H-pyrrole nitrogens is 1. The standard InChI is InChI=1S/C16H20N2O7S/c1-9-13(15(19)23-5)10(2)17-14(9)16(20)24-8-11-6-7-12(25-11)26(21,22)18(3)4/h6-7,17H,8H2,1-5H3. The number of rotatable bonds is 6. The minimum atomic E-state index is -3.70. The Bertz CT molecular complexity index is 938. The van der Waals surface area contributed by atoms with E-state index in [1.807, 2.05) is 0 Å². The molecule has 2 aromatic rings. The number of sulfonamides is 1. The number of carbonyl (C=O) groups excluding carboxylic acids is 2. The van der Waals surface area contributed by atoms with Gasteiger partial charge in [-0.25, -0.2) is 22.3 Å². The van der Waals surface area contributed by atoms with Crippen LogP contribution >= 0.6 is 0 Å². The van der Waals surface area contributed by atoms with Gasteiger partial charge in [0.15, 0.2) is 0 Å². The number of nitrogens with zero attached hydrogens (tertiary/aromatic N) is 1. The second kappa shape index (κ2) is 7.34. The number of hydrogen-bond acceptors (Lipinski definition) is 7. The highest BCUT2D eigenvalue weighted by molar-refractivity contribution is 7.88. The van der Waals surface area contributed by atoms with Gasteiger partial charge in [0.05, 0.1) is 12.7 Å². The second-order valence-corrected chi connectivity index (χ2v) is 7.78. The van der Waals surface area contributed by atoms with Gasteiger partial charge in [0, 0.05) is 19.8 Å². The van der Waals surface area contributed by atoms with Crippen LogP contribution in [0, 0.1) is 13.8 Å². The van der Waals surface area contributed by atoms with Crippen molar-refractivity contribution in [2.24, 2.45) is 0 Å². The molecule has 2 heterocycles. The summed E-state index contributed by atoms with van der Waals surface area (Å²) in [6.07, 6.45) is 0. The lowest BCUT2D eigenvalue weighted by atomic mass is 10.1. The summed E-state index contributed by atoms with van der Waals surface area (Å²) in [5.74, 6) is -1.08. The fraction of sp³-hybridized carbons (Fsp3) is 0.375. The largest absolute Gasteiger partial charge is 0.465 e. The molecule has 26 heavy (non-hydrogen) atoms. The van der Waals surface area contributed by atoms with Crippen LogP contribution < -0.4 is 0 Å². The zero-order valence-corrected chi connectivity index (χ0v) is 15.9. The van der Waals surface area contributed by atoms with Crippen molar-refractivity contribution in [3.8, 4) is 0 Å². The van der Waals surface area contributed by atoms with Gasteiger partial charge in [-0.2, -0.15) is 0 Å². The van der Waals surface area contributed by atoms with Crippen LogP contribution in [0.4, 0.5) is 0 Å². The SMILES string of the molecule is COC(=O)c1c(C)[nH]c(C(=O)OCc2ccc(S(=O)(=O)N(C)C)o2)c1C. The molecule has 0 atom stereocenters. The molecule has 0 unspecified atom stereocenters. The third kappa shape index (κ3) is 3.65. The average Bonchev–Trinajstić information content (AvgIpc) is 3.17. The maximum Gasteiger partial charge on any atom is 0.355 e. The predicted octanol–water partition coefficient (Wildman–Crippen LogP) is 1.62. The lowest BCUT2D eigenvalue weighted by molar-refractivity contribution is 0.0433. The van der Waals surface area contributed by atoms with Gasteiger partial charge in [0.2, 0.25) is 5.09 Å². The molecule has 0 aliphatic rings. The molecular formula is C16H20N2O7S. The van der Waals surface area contributed by atoms with E-state index >= 15 is 0 Å². The summed E-state index contributed by atoms with van der Waals surface area (Å²) >= 11 is 0. The number of furan rings is 1. The number of aromatic amines is 1. The molecule has 0 amide bonds. The molecule has 10 heteroatoms. The topological polar surface area (TPSA) is 119 Å². The average molecular weight is 384 g/mol. The van der Waals surface area contributed by atoms with Crippen LogP contribution in [0.25, 0.3) is 0 Å². The fourth-order valence-electron chi connectivity index (χ4n) is 2.33. The van der Waals surface area contributed by atoms with Crippen molar-refractivity contribution in [1.82, 2.24) is 9.29 Å². The highest BCUT2D eigenvalue weighted by Crippen LogP contribution is 2.21. The Balaban J connectivity index is 2.13. The number of methoxy groups -OCH3 is 1. The number of carbonyl (C=O) groups is 2. The molecule has 1 N–H and O–H groups in total. The van der Waals surface area contributed by atoms with Gasteiger partial charge in [-0.1, -0.05) is 0 Å². The van der Waals surface area contributed by atoms with Gasteiger partial charge in [-0.05, 0) is 31.5 Å². The third-order valence-electron chi connectivity index (χ3n) is 3.75. The first-order valence-electron chi connectivity index (χ1n) is 7.55. The maximum atomic E-state index is 12.3. The number of nitrogens with one attached hydrogen (secondary N) is 1. The number of ether oxygens (including phenoxy) is 2. The van der Waals surface area contributed by atoms with Crippen molar-refractivity contribution < 1.29 is 31.9 Å². The fourth-order valence-corrected chi connectivity index (χ4v) is 3.14. The molecular weight excluding hydrogens is 364 g/mol. The maximum absolute atomic E-state index is 12.3. The normalized spacial score (nSPS) is 11.6. The first-order chi connectivity index (χ1) is 12.1. The molecule has 0 bridgehead atoms. The summed E-state index contributed by atoms with van der Waals surface area (Å²) in [6, 6.07) is 2.70. The minimum Gasteiger partial charge on any atom is -0.465 e. The number of hydrogen-bond donors (Lipinski definition) is 1. The lowest BCUT2D eigenvalue weighted by Crippen LogP contribution is -2.21. The molecule has 2 rings (SSSR count). The van der Waals surface area contributed by atoms with E-state index in [-0.39, 0.29) is 28.7 Å². The summed E-state index contributed by atoms with van der Waals surface area (Å²) in [5, 5.41) is -0.242. The number of esters is 2. The van der Waals surface area contributed by atoms with Gasteiger partial charge < -0.3 is 18.9 Å². The molecule has 9 nitrogen and oxygen atoms in total. The number of aryl methyl sites for hydroxylation is 1. The third-order valence-corrected chi connectivity index (χ3v) is 5.44. The van der Waals surface area contributed by atoms with Crippen LogP contribution in [0.1, 0.15) is 37.9 Å². The zero-order valence-electron chi connectivity index (χ0n) is 15.1. The molecule has 0 radical (unpaired) electrons. The molecule has 2 aromatic heterocycles. The summed E-state index contributed by atoms with van der Waals surface area (Å²) in [6.45, 7) is 2.98. The van der Waals surface area contributed by atoms with Crippen LogP contribution in [0.2, 0.25) is 0 Å². The molecule has 142 valence electrons. The Morgan fingerprint density at radius 1 is 1.19 bits per heavy atom. The van der Waals surface area contributed by atoms with Crippen LogP contribution in [0.5, 0.6) is 0 Å². The summed E-state index contributed by atoms with van der Waals surface area (Å²) < 4.78 is 40.0. The predicted molar refractivity (Wildman–Crippen MR) is 90.3 cm³/mol. The van der Waals surface area contributed by atoms with Crippen molar-refractivity contribution in [2.45, 2.75) is 25.5 Å². The molecule has 0 aliphatic carbocycles. The first kappa shape index (κ1) is 19.7. The van der Waals surface area contributed by atoms with Gasteiger partial charge in [0.1, 0.15) is 18.1 Å². The molecule has 0 saturated carbocycles. The van der Waals surface area contributed by atoms with Crippen LogP contribution in [-0.2, 0) is 26.1 Å². The minimum absolute atomic E-state index is 0.121. The van der Waals surface area contributed by atoms with Crippen LogP contribution in [-0.4, -0.2) is 50.9 Å². The van der Waals surface area contributed by atoms with E-state index in [9.17, 15) is 18.0 Å². The quantitative estimate of drug-likeness (QED) is 0.752. The first-order valence-corrected chi connectivity index (χ1v) is 8.99.